The summed E-state index contributed by atoms with van der Waals surface area (Å²) in [6.45, 7) is 3.94. The number of hydrogen-bond acceptors (Lipinski definition) is 4. The number of nitrogens with zero attached hydrogens (tertiary/aromatic N) is 2. The second kappa shape index (κ2) is 5.35. The van der Waals surface area contributed by atoms with Gasteiger partial charge in [0, 0.05) is 13.1 Å². The van der Waals surface area contributed by atoms with Crippen molar-refractivity contribution >= 4 is 40.1 Å². The topological polar surface area (TPSA) is 40.6 Å². The molecule has 2 heterocycles. The minimum absolute atomic E-state index is 0.0232. The summed E-state index contributed by atoms with van der Waals surface area (Å²) >= 11 is 6.39. The molecule has 2 aliphatic heterocycles. The maximum absolute atomic E-state index is 12.0. The van der Waals surface area contributed by atoms with Crippen LogP contribution in [0.5, 0.6) is 0 Å². The average Bonchev–Trinajstić information content (AvgIpc) is 2.61. The number of carbonyl (C=O) groups is 2. The van der Waals surface area contributed by atoms with Gasteiger partial charge in [-0.1, -0.05) is 30.9 Å². The van der Waals surface area contributed by atoms with E-state index in [0.29, 0.717) is 16.0 Å². The van der Waals surface area contributed by atoms with Crippen LogP contribution in [0.2, 0.25) is 0 Å². The minimum Gasteiger partial charge on any atom is -0.341 e. The number of thiocarbonyl (C=S) groups is 1. The number of hydrogen-bond donors (Lipinski definition) is 0. The Morgan fingerprint density at radius 3 is 2.65 bits per heavy atom. The Balaban J connectivity index is 1.88. The molecule has 0 aromatic rings. The highest BCUT2D eigenvalue weighted by atomic mass is 32.2. The molecular weight excluding hydrogens is 256 g/mol. The number of carbonyl (C=O) groups excluding carboxylic acids is 2. The van der Waals surface area contributed by atoms with Crippen LogP contribution in [-0.4, -0.2) is 51.3 Å². The first kappa shape index (κ1) is 12.8. The van der Waals surface area contributed by atoms with E-state index in [0.717, 1.165) is 25.9 Å². The van der Waals surface area contributed by atoms with Crippen LogP contribution in [0.1, 0.15) is 19.8 Å². The smallest absolute Gasteiger partial charge is 0.242 e. The molecule has 0 saturated carbocycles. The molecule has 4 nitrogen and oxygen atoms in total. The van der Waals surface area contributed by atoms with E-state index < -0.39 is 0 Å². The molecule has 2 saturated heterocycles. The number of piperidine rings is 1. The standard InChI is InChI=1S/C11H16N2O2S2/c1-8-2-4-12(5-3-8)9(14)6-13-10(15)7-17-11(13)16/h8H,2-7H2,1H3. The normalized spacial score (nSPS) is 22.4. The fourth-order valence-electron chi connectivity index (χ4n) is 2.03. The summed E-state index contributed by atoms with van der Waals surface area (Å²) in [5.74, 6) is 1.06. The van der Waals surface area contributed by atoms with E-state index in [1.54, 1.807) is 0 Å². The zero-order valence-electron chi connectivity index (χ0n) is 9.85. The second-order valence-corrected chi connectivity index (χ2v) is 6.21. The van der Waals surface area contributed by atoms with Gasteiger partial charge in [-0.05, 0) is 18.8 Å². The third-order valence-electron chi connectivity index (χ3n) is 3.27. The van der Waals surface area contributed by atoms with Crippen molar-refractivity contribution in [3.63, 3.8) is 0 Å². The van der Waals surface area contributed by atoms with E-state index in [-0.39, 0.29) is 18.4 Å². The van der Waals surface area contributed by atoms with Gasteiger partial charge in [0.1, 0.15) is 10.9 Å². The van der Waals surface area contributed by atoms with Crippen LogP contribution in [0.15, 0.2) is 0 Å². The van der Waals surface area contributed by atoms with Crippen molar-refractivity contribution < 1.29 is 9.59 Å². The number of likely N-dealkylation sites (tertiary alicyclic amines) is 1. The number of thioether (sulfide) groups is 1. The molecule has 0 unspecified atom stereocenters. The minimum atomic E-state index is -0.0428. The lowest BCUT2D eigenvalue weighted by Gasteiger charge is -2.31. The van der Waals surface area contributed by atoms with Crippen LogP contribution in [0, 0.1) is 5.92 Å². The summed E-state index contributed by atoms with van der Waals surface area (Å²) in [6.07, 6.45) is 2.11. The van der Waals surface area contributed by atoms with Crippen molar-refractivity contribution in [3.05, 3.63) is 0 Å². The Morgan fingerprint density at radius 2 is 2.12 bits per heavy atom. The lowest BCUT2D eigenvalue weighted by atomic mass is 9.99. The average molecular weight is 272 g/mol. The summed E-state index contributed by atoms with van der Waals surface area (Å²) in [6, 6.07) is 0. The summed E-state index contributed by atoms with van der Waals surface area (Å²) in [5, 5.41) is 0. The van der Waals surface area contributed by atoms with E-state index in [2.05, 4.69) is 6.92 Å². The molecule has 2 rings (SSSR count). The third-order valence-corrected chi connectivity index (χ3v) is 4.70. The molecule has 0 atom stereocenters. The maximum Gasteiger partial charge on any atom is 0.242 e. The Labute approximate surface area is 111 Å². The first-order valence-electron chi connectivity index (χ1n) is 5.83. The third kappa shape index (κ3) is 2.98. The fourth-order valence-corrected chi connectivity index (χ4v) is 3.10. The second-order valence-electron chi connectivity index (χ2n) is 4.60. The Morgan fingerprint density at radius 1 is 1.47 bits per heavy atom. The van der Waals surface area contributed by atoms with E-state index in [1.165, 1.54) is 16.7 Å². The first-order chi connectivity index (χ1) is 8.08. The quantitative estimate of drug-likeness (QED) is 0.706. The maximum atomic E-state index is 12.0. The Bertz CT molecular complexity index is 335. The highest BCUT2D eigenvalue weighted by Crippen LogP contribution is 2.20. The van der Waals surface area contributed by atoms with Gasteiger partial charge in [0.15, 0.2) is 0 Å². The van der Waals surface area contributed by atoms with E-state index in [1.807, 2.05) is 4.90 Å². The number of rotatable bonds is 2. The molecule has 2 fully saturated rings. The van der Waals surface area contributed by atoms with Crippen LogP contribution in [0.3, 0.4) is 0 Å². The summed E-state index contributed by atoms with van der Waals surface area (Å²) < 4.78 is 0.536. The van der Waals surface area contributed by atoms with Gasteiger partial charge in [0.05, 0.1) is 5.75 Å². The molecule has 0 radical (unpaired) electrons. The van der Waals surface area contributed by atoms with Crippen LogP contribution in [0.4, 0.5) is 0 Å². The van der Waals surface area contributed by atoms with Crippen LogP contribution in [-0.2, 0) is 9.59 Å². The lowest BCUT2D eigenvalue weighted by Crippen LogP contribution is -2.45. The molecule has 0 aliphatic carbocycles. The van der Waals surface area contributed by atoms with Crippen LogP contribution >= 0.6 is 24.0 Å². The molecule has 0 aromatic carbocycles. The van der Waals surface area contributed by atoms with E-state index in [9.17, 15) is 9.59 Å². The van der Waals surface area contributed by atoms with Gasteiger partial charge in [-0.3, -0.25) is 14.5 Å². The van der Waals surface area contributed by atoms with Gasteiger partial charge in [0.25, 0.3) is 0 Å². The fraction of sp³-hybridized carbons (Fsp3) is 0.727. The Hall–Kier alpha value is -0.620. The predicted molar refractivity (Wildman–Crippen MR) is 71.7 cm³/mol. The largest absolute Gasteiger partial charge is 0.341 e. The molecule has 17 heavy (non-hydrogen) atoms. The van der Waals surface area contributed by atoms with Crippen LogP contribution < -0.4 is 0 Å². The SMILES string of the molecule is CC1CCN(C(=O)CN2C(=O)CSC2=S)CC1. The highest BCUT2D eigenvalue weighted by molar-refractivity contribution is 8.23. The van der Waals surface area contributed by atoms with Crippen molar-refractivity contribution in [1.82, 2.24) is 9.80 Å². The summed E-state index contributed by atoms with van der Waals surface area (Å²) in [5.41, 5.74) is 0. The van der Waals surface area contributed by atoms with E-state index >= 15 is 0 Å². The molecular formula is C11H16N2O2S2. The van der Waals surface area contributed by atoms with Gasteiger partial charge < -0.3 is 4.90 Å². The van der Waals surface area contributed by atoms with Crippen molar-refractivity contribution in [2.24, 2.45) is 5.92 Å². The van der Waals surface area contributed by atoms with Crippen molar-refractivity contribution in [1.29, 1.82) is 0 Å². The van der Waals surface area contributed by atoms with Gasteiger partial charge in [-0.25, -0.2) is 0 Å². The van der Waals surface area contributed by atoms with Crippen molar-refractivity contribution in [3.8, 4) is 0 Å². The lowest BCUT2D eigenvalue weighted by molar-refractivity contribution is -0.136. The van der Waals surface area contributed by atoms with E-state index in [4.69, 9.17) is 12.2 Å². The number of amides is 2. The van der Waals surface area contributed by atoms with Crippen molar-refractivity contribution in [2.45, 2.75) is 19.8 Å². The zero-order valence-corrected chi connectivity index (χ0v) is 11.5. The molecule has 2 amide bonds. The summed E-state index contributed by atoms with van der Waals surface area (Å²) in [7, 11) is 0. The van der Waals surface area contributed by atoms with Crippen molar-refractivity contribution in [2.75, 3.05) is 25.4 Å². The Kier molecular flexibility index (Phi) is 4.04. The molecule has 0 spiro atoms. The molecule has 0 aromatic heterocycles. The molecule has 2 aliphatic rings. The molecule has 94 valence electrons. The zero-order chi connectivity index (χ0) is 12.4. The molecule has 0 N–H and O–H groups in total. The van der Waals surface area contributed by atoms with Gasteiger partial charge in [-0.2, -0.15) is 0 Å². The first-order valence-corrected chi connectivity index (χ1v) is 7.22. The van der Waals surface area contributed by atoms with Crippen LogP contribution in [0.25, 0.3) is 0 Å². The van der Waals surface area contributed by atoms with Gasteiger partial charge in [0.2, 0.25) is 11.8 Å². The van der Waals surface area contributed by atoms with Gasteiger partial charge >= 0.3 is 0 Å². The predicted octanol–water partition coefficient (Wildman–Crippen LogP) is 1.11. The summed E-state index contributed by atoms with van der Waals surface area (Å²) in [4.78, 5) is 26.8. The molecule has 6 heteroatoms. The van der Waals surface area contributed by atoms with Gasteiger partial charge in [-0.15, -0.1) is 0 Å². The highest BCUT2D eigenvalue weighted by Gasteiger charge is 2.30. The monoisotopic (exact) mass is 272 g/mol. The molecule has 0 bridgehead atoms.